The fourth-order valence-corrected chi connectivity index (χ4v) is 0. The third kappa shape index (κ3) is 195. The van der Waals surface area contributed by atoms with E-state index in [1.807, 2.05) is 0 Å². The topological polar surface area (TPSA) is 114 Å². The molecular formula is C4H10ClNO4. The molecule has 0 aliphatic carbocycles. The van der Waals surface area contributed by atoms with Crippen molar-refractivity contribution in [3.8, 4) is 0 Å². The molecule has 0 aromatic heterocycles. The molecule has 10 heavy (non-hydrogen) atoms. The molecule has 0 aromatic rings. The number of carboxylic acid groups (broad SMARTS) is 2. The summed E-state index contributed by atoms with van der Waals surface area (Å²) in [5, 5.41) is 16.5. The molecule has 0 atom stereocenters. The average molecular weight is 172 g/mol. The highest BCUT2D eigenvalue weighted by atomic mass is 35.5. The molecule has 6 heteroatoms. The van der Waals surface area contributed by atoms with E-state index in [2.05, 4.69) is 0 Å². The van der Waals surface area contributed by atoms with Crippen LogP contribution < -0.4 is 11.3 Å². The van der Waals surface area contributed by atoms with Crippen molar-refractivity contribution in [2.45, 2.75) is 6.92 Å². The number of quaternary nitrogens is 1. The summed E-state index contributed by atoms with van der Waals surface area (Å²) in [7, 11) is 0. The van der Waals surface area contributed by atoms with E-state index < -0.39 is 11.9 Å². The molecule has 0 aliphatic heterocycles. The smallest absolute Gasteiger partial charge is 0.318 e. The van der Waals surface area contributed by atoms with Crippen LogP contribution in [0.5, 0.6) is 0 Å². The predicted molar refractivity (Wildman–Crippen MR) is 35.0 cm³/mol. The van der Waals surface area contributed by atoms with Gasteiger partial charge < -0.3 is 21.2 Å². The Morgan fingerprint density at radius 1 is 1.60 bits per heavy atom. The summed E-state index contributed by atoms with van der Waals surface area (Å²) in [5.74, 6) is -2.37. The molecule has 0 aliphatic rings. The first kappa shape index (κ1) is 16.1. The van der Waals surface area contributed by atoms with Crippen molar-refractivity contribution in [2.24, 2.45) is 0 Å². The Labute approximate surface area is 63.2 Å². The Morgan fingerprint density at radius 2 is 1.70 bits per heavy atom. The lowest BCUT2D eigenvalue weighted by molar-refractivity contribution is -0.302. The second-order valence-electron chi connectivity index (χ2n) is 1.02. The first-order chi connectivity index (χ1) is 4.00. The summed E-state index contributed by atoms with van der Waals surface area (Å²) in [4.78, 5) is 18.1. The van der Waals surface area contributed by atoms with E-state index in [0.717, 1.165) is 6.92 Å². The number of rotatable bonds is 1. The van der Waals surface area contributed by atoms with Gasteiger partial charge in [0.1, 0.15) is 5.88 Å². The van der Waals surface area contributed by atoms with Crippen LogP contribution in [0.15, 0.2) is 0 Å². The second kappa shape index (κ2) is 11.0. The normalized spacial score (nSPS) is 6.20. The molecule has 0 radical (unpaired) electrons. The van der Waals surface area contributed by atoms with E-state index in [0.29, 0.717) is 0 Å². The van der Waals surface area contributed by atoms with Crippen LogP contribution in [-0.4, -0.2) is 22.9 Å². The van der Waals surface area contributed by atoms with Crippen molar-refractivity contribution in [2.75, 3.05) is 5.88 Å². The highest BCUT2D eigenvalue weighted by Gasteiger charge is 1.83. The second-order valence-corrected chi connectivity index (χ2v) is 1.29. The molecule has 0 saturated heterocycles. The van der Waals surface area contributed by atoms with E-state index >= 15 is 0 Å². The Morgan fingerprint density at radius 3 is 1.70 bits per heavy atom. The summed E-state index contributed by atoms with van der Waals surface area (Å²) in [5.41, 5.74) is 0. The molecule has 0 fully saturated rings. The zero-order chi connectivity index (χ0) is 7.86. The number of hydrogen-bond donors (Lipinski definition) is 2. The molecule has 0 aromatic carbocycles. The molecule has 0 bridgehead atoms. The standard InChI is InChI=1S/C2H3ClO2.C2H4O2.H3N/c3-1-2(4)5;1-2(3)4;/h1H2,(H,4,5);1H3,(H,3,4);1H3. The van der Waals surface area contributed by atoms with Gasteiger partial charge in [0.15, 0.2) is 0 Å². The quantitative estimate of drug-likeness (QED) is 0.515. The van der Waals surface area contributed by atoms with Crippen LogP contribution in [0.25, 0.3) is 0 Å². The van der Waals surface area contributed by atoms with Crippen LogP contribution >= 0.6 is 11.6 Å². The van der Waals surface area contributed by atoms with E-state index in [4.69, 9.17) is 26.6 Å². The summed E-state index contributed by atoms with van der Waals surface area (Å²) < 4.78 is 0. The van der Waals surface area contributed by atoms with Crippen LogP contribution in [0.3, 0.4) is 0 Å². The van der Waals surface area contributed by atoms with Crippen LogP contribution in [0.1, 0.15) is 6.92 Å². The van der Waals surface area contributed by atoms with Crippen molar-refractivity contribution in [3.05, 3.63) is 0 Å². The number of hydrogen-bond acceptors (Lipinski definition) is 3. The Bertz CT molecular complexity index is 101. The summed E-state index contributed by atoms with van der Waals surface area (Å²) in [6, 6.07) is 0. The van der Waals surface area contributed by atoms with Gasteiger partial charge in [-0.25, -0.2) is 0 Å². The Balaban J connectivity index is -0.0000000910. The first-order valence-corrected chi connectivity index (χ1v) is 2.49. The molecule has 0 saturated carbocycles. The van der Waals surface area contributed by atoms with Gasteiger partial charge in [-0.1, -0.05) is 0 Å². The number of aliphatic carboxylic acids is 2. The third-order valence-corrected chi connectivity index (χ3v) is 0.343. The number of carboxylic acids is 2. The molecule has 0 amide bonds. The SMILES string of the molecule is CC(=O)[O-].O=C(O)CCl.[NH4+]. The minimum atomic E-state index is -1.08. The Kier molecular flexibility index (Phi) is 17.8. The van der Waals surface area contributed by atoms with Gasteiger partial charge in [0.05, 0.1) is 0 Å². The third-order valence-electron chi connectivity index (χ3n) is 0.114. The fraction of sp³-hybridized carbons (Fsp3) is 0.500. The number of alkyl halides is 1. The van der Waals surface area contributed by atoms with Crippen molar-refractivity contribution < 1.29 is 19.8 Å². The largest absolute Gasteiger partial charge is 0.550 e. The minimum absolute atomic E-state index is 0. The van der Waals surface area contributed by atoms with Crippen LogP contribution in [0.4, 0.5) is 0 Å². The highest BCUT2D eigenvalue weighted by Crippen LogP contribution is 1.67. The van der Waals surface area contributed by atoms with E-state index in [9.17, 15) is 4.79 Å². The van der Waals surface area contributed by atoms with Crippen molar-refractivity contribution in [1.29, 1.82) is 0 Å². The predicted octanol–water partition coefficient (Wildman–Crippen LogP) is -0.558. The zero-order valence-corrected chi connectivity index (χ0v) is 6.51. The van der Waals surface area contributed by atoms with E-state index in [1.165, 1.54) is 0 Å². The van der Waals surface area contributed by atoms with Gasteiger partial charge in [-0.3, -0.25) is 4.79 Å². The molecule has 5 nitrogen and oxygen atoms in total. The van der Waals surface area contributed by atoms with Gasteiger partial charge >= 0.3 is 5.97 Å². The molecule has 0 spiro atoms. The van der Waals surface area contributed by atoms with Gasteiger partial charge in [0.2, 0.25) is 0 Å². The van der Waals surface area contributed by atoms with Crippen molar-refractivity contribution >= 4 is 23.5 Å². The number of halogens is 1. The van der Waals surface area contributed by atoms with E-state index in [1.54, 1.807) is 0 Å². The van der Waals surface area contributed by atoms with Crippen LogP contribution in [0, 0.1) is 0 Å². The lowest BCUT2D eigenvalue weighted by Crippen LogP contribution is -2.16. The lowest BCUT2D eigenvalue weighted by Gasteiger charge is -1.77. The van der Waals surface area contributed by atoms with E-state index in [-0.39, 0.29) is 12.0 Å². The average Bonchev–Trinajstić information content (AvgIpc) is 1.65. The molecule has 5 N–H and O–H groups in total. The summed E-state index contributed by atoms with van der Waals surface area (Å²) >= 11 is 4.74. The van der Waals surface area contributed by atoms with Gasteiger partial charge in [0.25, 0.3) is 0 Å². The number of carbonyl (C=O) groups is 2. The minimum Gasteiger partial charge on any atom is -0.550 e. The Hall–Kier alpha value is -0.810. The maximum absolute atomic E-state index is 9.24. The van der Waals surface area contributed by atoms with Crippen LogP contribution in [0.2, 0.25) is 0 Å². The highest BCUT2D eigenvalue weighted by molar-refractivity contribution is 6.26. The fourth-order valence-electron chi connectivity index (χ4n) is 0. The van der Waals surface area contributed by atoms with Gasteiger partial charge in [0, 0.05) is 5.97 Å². The summed E-state index contributed by atoms with van der Waals surface area (Å²) in [6.07, 6.45) is 0. The van der Waals surface area contributed by atoms with Gasteiger partial charge in [-0.15, -0.1) is 11.6 Å². The van der Waals surface area contributed by atoms with Gasteiger partial charge in [-0.2, -0.15) is 0 Å². The molecule has 0 rings (SSSR count). The zero-order valence-electron chi connectivity index (χ0n) is 5.76. The maximum atomic E-state index is 9.24. The van der Waals surface area contributed by atoms with Crippen LogP contribution in [-0.2, 0) is 9.59 Å². The molecule has 0 unspecified atom stereocenters. The number of carbonyl (C=O) groups excluding carboxylic acids is 1. The van der Waals surface area contributed by atoms with Crippen molar-refractivity contribution in [1.82, 2.24) is 6.15 Å². The lowest BCUT2D eigenvalue weighted by atomic mass is 10.8. The van der Waals surface area contributed by atoms with Gasteiger partial charge in [-0.05, 0) is 6.92 Å². The molecule has 0 heterocycles. The molecular weight excluding hydrogens is 162 g/mol. The van der Waals surface area contributed by atoms with Crippen molar-refractivity contribution in [3.63, 3.8) is 0 Å². The maximum Gasteiger partial charge on any atom is 0.318 e. The summed E-state index contributed by atoms with van der Waals surface area (Å²) in [6.45, 7) is 0.972. The monoisotopic (exact) mass is 171 g/mol. The first-order valence-electron chi connectivity index (χ1n) is 1.96. The molecule has 62 valence electrons.